The lowest BCUT2D eigenvalue weighted by Crippen LogP contribution is -2.28. The smallest absolute Gasteiger partial charge is 0.311 e. The molecule has 1 heterocycles. The number of hydrogen-bond acceptors (Lipinski definition) is 4. The van der Waals surface area contributed by atoms with Crippen molar-refractivity contribution in [2.75, 3.05) is 18.5 Å². The first kappa shape index (κ1) is 18.6. The van der Waals surface area contributed by atoms with Crippen LogP contribution in [0.15, 0.2) is 54.6 Å². The van der Waals surface area contributed by atoms with E-state index in [4.69, 9.17) is 4.74 Å². The van der Waals surface area contributed by atoms with Crippen LogP contribution >= 0.6 is 0 Å². The van der Waals surface area contributed by atoms with Crippen molar-refractivity contribution in [1.29, 1.82) is 0 Å². The minimum absolute atomic E-state index is 0.0787. The summed E-state index contributed by atoms with van der Waals surface area (Å²) in [5, 5.41) is 2.69. The third-order valence-electron chi connectivity index (χ3n) is 4.41. The molecule has 6 heteroatoms. The standard InChI is InChI=1S/C21H22N2O4/c1-15-6-5-9-18(10-15)22-19(24)14-27-21(26)17-11-20(25)23(13-17)12-16-7-3-2-4-8-16/h2-10,17H,11-14H2,1H3,(H,22,24)/t17-/m1/s1. The van der Waals surface area contributed by atoms with Gasteiger partial charge in [0, 0.05) is 25.2 Å². The van der Waals surface area contributed by atoms with Gasteiger partial charge >= 0.3 is 5.97 Å². The molecule has 1 atom stereocenters. The molecule has 0 bridgehead atoms. The van der Waals surface area contributed by atoms with E-state index in [-0.39, 0.29) is 18.9 Å². The Kier molecular flexibility index (Phi) is 5.86. The lowest BCUT2D eigenvalue weighted by atomic mass is 10.1. The number of benzene rings is 2. The van der Waals surface area contributed by atoms with Crippen LogP contribution in [0.3, 0.4) is 0 Å². The van der Waals surface area contributed by atoms with Crippen LogP contribution in [0.2, 0.25) is 0 Å². The summed E-state index contributed by atoms with van der Waals surface area (Å²) < 4.78 is 5.11. The molecule has 0 aromatic heterocycles. The van der Waals surface area contributed by atoms with Gasteiger partial charge in [0.15, 0.2) is 6.61 Å². The zero-order valence-electron chi connectivity index (χ0n) is 15.2. The number of ether oxygens (including phenoxy) is 1. The Hall–Kier alpha value is -3.15. The summed E-state index contributed by atoms with van der Waals surface area (Å²) >= 11 is 0. The van der Waals surface area contributed by atoms with Gasteiger partial charge in [-0.15, -0.1) is 0 Å². The molecule has 1 fully saturated rings. The minimum Gasteiger partial charge on any atom is -0.455 e. The summed E-state index contributed by atoms with van der Waals surface area (Å²) in [7, 11) is 0. The zero-order chi connectivity index (χ0) is 19.2. The largest absolute Gasteiger partial charge is 0.455 e. The van der Waals surface area contributed by atoms with Gasteiger partial charge in [0.2, 0.25) is 5.91 Å². The molecule has 140 valence electrons. The second kappa shape index (κ2) is 8.49. The molecule has 1 aliphatic rings. The highest BCUT2D eigenvalue weighted by Crippen LogP contribution is 2.21. The second-order valence-electron chi connectivity index (χ2n) is 6.69. The lowest BCUT2D eigenvalue weighted by molar-refractivity contribution is -0.151. The van der Waals surface area contributed by atoms with Gasteiger partial charge in [0.25, 0.3) is 5.91 Å². The van der Waals surface area contributed by atoms with Gasteiger partial charge in [-0.25, -0.2) is 0 Å². The van der Waals surface area contributed by atoms with Crippen LogP contribution in [0.25, 0.3) is 0 Å². The number of carbonyl (C=O) groups excluding carboxylic acids is 3. The Balaban J connectivity index is 1.47. The summed E-state index contributed by atoms with van der Waals surface area (Å²) in [6, 6.07) is 17.0. The summed E-state index contributed by atoms with van der Waals surface area (Å²) in [6.45, 7) is 2.34. The van der Waals surface area contributed by atoms with Crippen LogP contribution in [0, 0.1) is 12.8 Å². The van der Waals surface area contributed by atoms with Gasteiger partial charge in [-0.2, -0.15) is 0 Å². The molecule has 1 N–H and O–H groups in total. The zero-order valence-corrected chi connectivity index (χ0v) is 15.2. The topological polar surface area (TPSA) is 75.7 Å². The number of carbonyl (C=O) groups is 3. The van der Waals surface area contributed by atoms with E-state index in [1.54, 1.807) is 11.0 Å². The highest BCUT2D eigenvalue weighted by Gasteiger charge is 2.35. The Morgan fingerprint density at radius 3 is 2.67 bits per heavy atom. The molecule has 2 aromatic carbocycles. The average molecular weight is 366 g/mol. The molecule has 2 amide bonds. The van der Waals surface area contributed by atoms with Crippen molar-refractivity contribution in [1.82, 2.24) is 4.90 Å². The number of likely N-dealkylation sites (tertiary alicyclic amines) is 1. The lowest BCUT2D eigenvalue weighted by Gasteiger charge is -2.16. The van der Waals surface area contributed by atoms with Gasteiger partial charge in [0.05, 0.1) is 5.92 Å². The maximum absolute atomic E-state index is 12.2. The fourth-order valence-electron chi connectivity index (χ4n) is 3.06. The SMILES string of the molecule is Cc1cccc(NC(=O)COC(=O)[C@@H]2CC(=O)N(Cc3ccccc3)C2)c1. The molecule has 0 aliphatic carbocycles. The quantitative estimate of drug-likeness (QED) is 0.797. The third kappa shape index (κ3) is 5.17. The van der Waals surface area contributed by atoms with E-state index in [0.29, 0.717) is 18.8 Å². The number of nitrogens with zero attached hydrogens (tertiary/aromatic N) is 1. The summed E-state index contributed by atoms with van der Waals surface area (Å²) in [4.78, 5) is 38.0. The van der Waals surface area contributed by atoms with Gasteiger partial charge < -0.3 is 15.0 Å². The molecule has 1 saturated heterocycles. The molecular weight excluding hydrogens is 344 g/mol. The molecule has 3 rings (SSSR count). The van der Waals surface area contributed by atoms with E-state index >= 15 is 0 Å². The third-order valence-corrected chi connectivity index (χ3v) is 4.41. The van der Waals surface area contributed by atoms with Crippen LogP contribution in [0.1, 0.15) is 17.5 Å². The van der Waals surface area contributed by atoms with E-state index in [1.807, 2.05) is 55.5 Å². The first-order valence-corrected chi connectivity index (χ1v) is 8.86. The van der Waals surface area contributed by atoms with E-state index in [1.165, 1.54) is 0 Å². The van der Waals surface area contributed by atoms with E-state index in [9.17, 15) is 14.4 Å². The number of hydrogen-bond donors (Lipinski definition) is 1. The van der Waals surface area contributed by atoms with Crippen LogP contribution in [-0.4, -0.2) is 35.8 Å². The predicted octanol–water partition coefficient (Wildman–Crippen LogP) is 2.53. The Morgan fingerprint density at radius 2 is 1.93 bits per heavy atom. The van der Waals surface area contributed by atoms with Crippen molar-refractivity contribution in [3.63, 3.8) is 0 Å². The van der Waals surface area contributed by atoms with Gasteiger partial charge in [-0.1, -0.05) is 42.5 Å². The normalized spacial score (nSPS) is 16.3. The maximum atomic E-state index is 12.2. The molecule has 2 aromatic rings. The fourth-order valence-corrected chi connectivity index (χ4v) is 3.06. The van der Waals surface area contributed by atoms with Crippen molar-refractivity contribution in [2.45, 2.75) is 19.9 Å². The van der Waals surface area contributed by atoms with Crippen LogP contribution in [0.5, 0.6) is 0 Å². The number of amides is 2. The van der Waals surface area contributed by atoms with Crippen molar-refractivity contribution in [2.24, 2.45) is 5.92 Å². The van der Waals surface area contributed by atoms with Crippen LogP contribution in [-0.2, 0) is 25.7 Å². The number of aryl methyl sites for hydroxylation is 1. The molecule has 1 aliphatic heterocycles. The van der Waals surface area contributed by atoms with E-state index in [0.717, 1.165) is 11.1 Å². The predicted molar refractivity (Wildman–Crippen MR) is 101 cm³/mol. The van der Waals surface area contributed by atoms with Crippen molar-refractivity contribution in [3.05, 3.63) is 65.7 Å². The summed E-state index contributed by atoms with van der Waals surface area (Å²) in [5.74, 6) is -1.53. The van der Waals surface area contributed by atoms with Gasteiger partial charge in [0.1, 0.15) is 0 Å². The Morgan fingerprint density at radius 1 is 1.15 bits per heavy atom. The molecule has 0 saturated carbocycles. The molecule has 27 heavy (non-hydrogen) atoms. The molecule has 0 radical (unpaired) electrons. The monoisotopic (exact) mass is 366 g/mol. The highest BCUT2D eigenvalue weighted by molar-refractivity contribution is 5.93. The average Bonchev–Trinajstić information content (AvgIpc) is 3.01. The number of rotatable bonds is 6. The summed E-state index contributed by atoms with van der Waals surface area (Å²) in [5.41, 5.74) is 2.69. The number of anilines is 1. The van der Waals surface area contributed by atoms with Crippen molar-refractivity contribution < 1.29 is 19.1 Å². The molecule has 0 spiro atoms. The van der Waals surface area contributed by atoms with Crippen LogP contribution < -0.4 is 5.32 Å². The van der Waals surface area contributed by atoms with Crippen LogP contribution in [0.4, 0.5) is 5.69 Å². The van der Waals surface area contributed by atoms with Gasteiger partial charge in [-0.3, -0.25) is 14.4 Å². The first-order chi connectivity index (χ1) is 13.0. The van der Waals surface area contributed by atoms with E-state index in [2.05, 4.69) is 5.32 Å². The first-order valence-electron chi connectivity index (χ1n) is 8.86. The van der Waals surface area contributed by atoms with Crippen molar-refractivity contribution in [3.8, 4) is 0 Å². The molecule has 0 unspecified atom stereocenters. The Bertz CT molecular complexity index is 835. The van der Waals surface area contributed by atoms with Crippen molar-refractivity contribution >= 4 is 23.5 Å². The molecule has 6 nitrogen and oxygen atoms in total. The van der Waals surface area contributed by atoms with Gasteiger partial charge in [-0.05, 0) is 30.2 Å². The maximum Gasteiger partial charge on any atom is 0.311 e. The highest BCUT2D eigenvalue weighted by atomic mass is 16.5. The Labute approximate surface area is 158 Å². The van der Waals surface area contributed by atoms with E-state index < -0.39 is 17.8 Å². The number of esters is 1. The number of nitrogens with one attached hydrogen (secondary N) is 1. The fraction of sp³-hybridized carbons (Fsp3) is 0.286. The summed E-state index contributed by atoms with van der Waals surface area (Å²) in [6.07, 6.45) is 0.116. The minimum atomic E-state index is -0.534. The molecular formula is C21H22N2O4. The second-order valence-corrected chi connectivity index (χ2v) is 6.69.